The second-order valence-corrected chi connectivity index (χ2v) is 11.9. The van der Waals surface area contributed by atoms with E-state index in [9.17, 15) is 0 Å². The van der Waals surface area contributed by atoms with E-state index in [1.165, 1.54) is 96.3 Å². The van der Waals surface area contributed by atoms with E-state index in [1.54, 1.807) is 7.11 Å². The van der Waals surface area contributed by atoms with Gasteiger partial charge in [0.25, 0.3) is 0 Å². The van der Waals surface area contributed by atoms with Crippen molar-refractivity contribution in [1.82, 2.24) is 0 Å². The second-order valence-electron chi connectivity index (χ2n) is 9.36. The molecule has 0 aromatic carbocycles. The zero-order valence-electron chi connectivity index (χ0n) is 20.7. The Bertz CT molecular complexity index is 425. The minimum atomic E-state index is -1.22. The summed E-state index contributed by atoms with van der Waals surface area (Å²) in [5.41, 5.74) is -0.214. The molecule has 2 rings (SSSR count). The van der Waals surface area contributed by atoms with Gasteiger partial charge in [0.05, 0.1) is 38.4 Å². The van der Waals surface area contributed by atoms with Gasteiger partial charge in [-0.05, 0) is 6.42 Å². The van der Waals surface area contributed by atoms with Gasteiger partial charge in [-0.25, -0.2) is 0 Å². The Labute approximate surface area is 199 Å². The number of unbranched alkanes of at least 4 members (excludes halogenated alkanes) is 15. The molecule has 0 N–H and O–H groups in total. The zero-order chi connectivity index (χ0) is 22.7. The van der Waals surface area contributed by atoms with Crippen molar-refractivity contribution in [1.29, 1.82) is 0 Å². The molecule has 8 heteroatoms. The van der Waals surface area contributed by atoms with E-state index in [-0.39, 0.29) is 5.41 Å². The maximum atomic E-state index is 5.80. The van der Waals surface area contributed by atoms with E-state index in [1.807, 2.05) is 0 Å². The molecule has 0 bridgehead atoms. The molecular weight excluding hydrogens is 446 g/mol. The SMILES string of the molecule is CCCCCCCCCCCCCCCCCCOP1OCC2(COP(OC)OC2)CO1. The van der Waals surface area contributed by atoms with Crippen LogP contribution in [-0.4, -0.2) is 40.1 Å². The van der Waals surface area contributed by atoms with Gasteiger partial charge < -0.3 is 27.1 Å². The minimum absolute atomic E-state index is 0.214. The highest BCUT2D eigenvalue weighted by molar-refractivity contribution is 7.42. The Morgan fingerprint density at radius 3 is 1.34 bits per heavy atom. The minimum Gasteiger partial charge on any atom is -0.316 e. The van der Waals surface area contributed by atoms with Crippen LogP contribution in [0.2, 0.25) is 0 Å². The topological polar surface area (TPSA) is 55.4 Å². The van der Waals surface area contributed by atoms with Crippen molar-refractivity contribution in [2.24, 2.45) is 5.41 Å². The number of rotatable bonds is 19. The van der Waals surface area contributed by atoms with Crippen LogP contribution < -0.4 is 0 Å². The van der Waals surface area contributed by atoms with Gasteiger partial charge in [0.15, 0.2) is 0 Å². The van der Waals surface area contributed by atoms with Gasteiger partial charge in [0, 0.05) is 7.11 Å². The van der Waals surface area contributed by atoms with Crippen LogP contribution in [0.15, 0.2) is 0 Å². The largest absolute Gasteiger partial charge is 0.332 e. The molecule has 2 fully saturated rings. The molecule has 2 saturated heterocycles. The smallest absolute Gasteiger partial charge is 0.316 e. The molecule has 0 atom stereocenters. The van der Waals surface area contributed by atoms with E-state index in [2.05, 4.69) is 6.92 Å². The van der Waals surface area contributed by atoms with Gasteiger partial charge in [-0.15, -0.1) is 0 Å². The van der Waals surface area contributed by atoms with Crippen LogP contribution in [0.1, 0.15) is 110 Å². The van der Waals surface area contributed by atoms with Crippen LogP contribution in [0, 0.1) is 5.41 Å². The average Bonchev–Trinajstić information content (AvgIpc) is 2.83. The van der Waals surface area contributed by atoms with Crippen LogP contribution in [0.5, 0.6) is 0 Å². The van der Waals surface area contributed by atoms with Crippen molar-refractivity contribution >= 4 is 17.2 Å². The van der Waals surface area contributed by atoms with E-state index >= 15 is 0 Å². The third kappa shape index (κ3) is 12.9. The third-order valence-corrected chi connectivity index (χ3v) is 8.30. The lowest BCUT2D eigenvalue weighted by atomic mass is 9.93. The van der Waals surface area contributed by atoms with E-state index in [0.717, 1.165) is 13.0 Å². The average molecular weight is 495 g/mol. The molecule has 6 nitrogen and oxygen atoms in total. The molecule has 1 spiro atoms. The Hall–Kier alpha value is 0.620. The lowest BCUT2D eigenvalue weighted by Gasteiger charge is -2.41. The fourth-order valence-electron chi connectivity index (χ4n) is 4.05. The van der Waals surface area contributed by atoms with E-state index in [4.69, 9.17) is 27.1 Å². The lowest BCUT2D eigenvalue weighted by molar-refractivity contribution is -0.0745. The third-order valence-electron chi connectivity index (χ3n) is 6.25. The second kappa shape index (κ2) is 18.9. The van der Waals surface area contributed by atoms with Gasteiger partial charge in [0.1, 0.15) is 0 Å². The Morgan fingerprint density at radius 2 is 0.938 bits per heavy atom. The van der Waals surface area contributed by atoms with Crippen molar-refractivity contribution in [3.8, 4) is 0 Å². The van der Waals surface area contributed by atoms with Crippen molar-refractivity contribution < 1.29 is 27.1 Å². The van der Waals surface area contributed by atoms with Gasteiger partial charge in [0.2, 0.25) is 0 Å². The number of hydrogen-bond acceptors (Lipinski definition) is 6. The van der Waals surface area contributed by atoms with Crippen LogP contribution in [0.4, 0.5) is 0 Å². The maximum absolute atomic E-state index is 5.80. The summed E-state index contributed by atoms with van der Waals surface area (Å²) in [5.74, 6) is 0. The highest BCUT2D eigenvalue weighted by Crippen LogP contribution is 2.52. The summed E-state index contributed by atoms with van der Waals surface area (Å²) >= 11 is 0. The Morgan fingerprint density at radius 1 is 0.562 bits per heavy atom. The summed E-state index contributed by atoms with van der Waals surface area (Å²) in [4.78, 5) is 0. The first-order valence-corrected chi connectivity index (χ1v) is 15.3. The molecule has 190 valence electrons. The predicted molar refractivity (Wildman–Crippen MR) is 133 cm³/mol. The van der Waals surface area contributed by atoms with Gasteiger partial charge >= 0.3 is 17.2 Å². The summed E-state index contributed by atoms with van der Waals surface area (Å²) in [6.45, 7) is 5.23. The molecule has 0 unspecified atom stereocenters. The Balaban J connectivity index is 1.29. The van der Waals surface area contributed by atoms with Crippen molar-refractivity contribution in [2.75, 3.05) is 40.1 Å². The van der Waals surface area contributed by atoms with E-state index < -0.39 is 17.2 Å². The van der Waals surface area contributed by atoms with Crippen LogP contribution in [0.3, 0.4) is 0 Å². The van der Waals surface area contributed by atoms with Crippen molar-refractivity contribution in [3.63, 3.8) is 0 Å². The first-order valence-electron chi connectivity index (χ1n) is 13.1. The molecular formula is C24H48O6P2. The van der Waals surface area contributed by atoms with Crippen molar-refractivity contribution in [3.05, 3.63) is 0 Å². The molecule has 2 aliphatic heterocycles. The molecule has 2 heterocycles. The Kier molecular flexibility index (Phi) is 17.0. The monoisotopic (exact) mass is 494 g/mol. The fourth-order valence-corrected chi connectivity index (χ4v) is 6.36. The van der Waals surface area contributed by atoms with Gasteiger partial charge in [-0.2, -0.15) is 0 Å². The van der Waals surface area contributed by atoms with E-state index in [0.29, 0.717) is 26.4 Å². The lowest BCUT2D eigenvalue weighted by Crippen LogP contribution is -2.44. The highest BCUT2D eigenvalue weighted by atomic mass is 31.2. The maximum Gasteiger partial charge on any atom is 0.332 e. The number of hydrogen-bond donors (Lipinski definition) is 0. The summed E-state index contributed by atoms with van der Waals surface area (Å²) in [5, 5.41) is 0. The zero-order valence-corrected chi connectivity index (χ0v) is 22.5. The van der Waals surface area contributed by atoms with Crippen LogP contribution in [-0.2, 0) is 27.1 Å². The quantitative estimate of drug-likeness (QED) is 0.133. The molecule has 0 aliphatic carbocycles. The molecule has 0 radical (unpaired) electrons. The predicted octanol–water partition coefficient (Wildman–Crippen LogP) is 8.44. The molecule has 0 amide bonds. The van der Waals surface area contributed by atoms with Crippen LogP contribution >= 0.6 is 17.2 Å². The first kappa shape index (κ1) is 28.9. The molecule has 2 aliphatic rings. The summed E-state index contributed by atoms with van der Waals surface area (Å²) in [6.07, 6.45) is 22.0. The standard InChI is InChI=1S/C24H48O6P2/c1-3-4-5-6-7-8-9-10-11-12-13-14-15-16-17-18-19-26-32-29-22-24(23-30-32)20-27-31(25-2)28-21-24/h3-23H2,1-2H3. The summed E-state index contributed by atoms with van der Waals surface area (Å²) in [6, 6.07) is 0. The fraction of sp³-hybridized carbons (Fsp3) is 1.00. The molecule has 0 aromatic heterocycles. The molecule has 0 aromatic rings. The summed E-state index contributed by atoms with van der Waals surface area (Å²) in [7, 11) is -0.813. The molecule has 32 heavy (non-hydrogen) atoms. The summed E-state index contributed by atoms with van der Waals surface area (Å²) < 4.78 is 33.7. The van der Waals surface area contributed by atoms with Crippen LogP contribution in [0.25, 0.3) is 0 Å². The van der Waals surface area contributed by atoms with Gasteiger partial charge in [-0.3, -0.25) is 0 Å². The van der Waals surface area contributed by atoms with Gasteiger partial charge in [-0.1, -0.05) is 103 Å². The normalized spacial score (nSPS) is 26.1. The highest BCUT2D eigenvalue weighted by Gasteiger charge is 2.43. The first-order chi connectivity index (χ1) is 15.8. The van der Waals surface area contributed by atoms with Crippen molar-refractivity contribution in [2.45, 2.75) is 110 Å². The molecule has 0 saturated carbocycles.